The quantitative estimate of drug-likeness (QED) is 0.321. The molecule has 5 aromatic rings. The van der Waals surface area contributed by atoms with E-state index in [1.807, 2.05) is 0 Å². The monoisotopic (exact) mass is 376 g/mol. The molecule has 0 N–H and O–H groups in total. The molecule has 0 fully saturated rings. The van der Waals surface area contributed by atoms with Crippen LogP contribution < -0.4 is 4.90 Å². The zero-order chi connectivity index (χ0) is 19.8. The minimum absolute atomic E-state index is 0.971. The third kappa shape index (κ3) is 2.98. The first-order chi connectivity index (χ1) is 14.3. The number of aromatic nitrogens is 1. The standard InChI is InChI=1S/C27H24N2/c1-3-29-26-15-8-7-14-24(26)25-19-23(16-17-27(25)29)28(2)22-13-9-12-21(18-22)20-10-5-4-6-11-20/h4-19H,3H2,1-2H3. The molecule has 0 saturated heterocycles. The number of hydrogen-bond donors (Lipinski definition) is 0. The smallest absolute Gasteiger partial charge is 0.0492 e. The highest BCUT2D eigenvalue weighted by Crippen LogP contribution is 2.34. The van der Waals surface area contributed by atoms with Crippen LogP contribution in [0.15, 0.2) is 97.1 Å². The lowest BCUT2D eigenvalue weighted by Gasteiger charge is -2.21. The van der Waals surface area contributed by atoms with E-state index in [1.165, 1.54) is 44.3 Å². The van der Waals surface area contributed by atoms with E-state index < -0.39 is 0 Å². The van der Waals surface area contributed by atoms with E-state index in [-0.39, 0.29) is 0 Å². The maximum atomic E-state index is 2.39. The summed E-state index contributed by atoms with van der Waals surface area (Å²) in [6.07, 6.45) is 0. The van der Waals surface area contributed by atoms with Crippen LogP contribution in [-0.2, 0) is 6.54 Å². The topological polar surface area (TPSA) is 8.17 Å². The summed E-state index contributed by atoms with van der Waals surface area (Å²) in [5.74, 6) is 0. The predicted octanol–water partition coefficient (Wildman–Crippen LogP) is 7.25. The molecule has 5 rings (SSSR count). The Balaban J connectivity index is 1.60. The Hall–Kier alpha value is -3.52. The second-order valence-electron chi connectivity index (χ2n) is 7.44. The number of rotatable bonds is 4. The Morgan fingerprint density at radius 2 is 1.31 bits per heavy atom. The number of hydrogen-bond acceptors (Lipinski definition) is 1. The van der Waals surface area contributed by atoms with E-state index >= 15 is 0 Å². The highest BCUT2D eigenvalue weighted by atomic mass is 15.1. The molecule has 0 unspecified atom stereocenters. The van der Waals surface area contributed by atoms with Gasteiger partial charge in [0.15, 0.2) is 0 Å². The van der Waals surface area contributed by atoms with Crippen molar-refractivity contribution >= 4 is 33.2 Å². The highest BCUT2D eigenvalue weighted by Gasteiger charge is 2.12. The highest BCUT2D eigenvalue weighted by molar-refractivity contribution is 6.09. The Bertz CT molecular complexity index is 1300. The van der Waals surface area contributed by atoms with Crippen LogP contribution in [0.25, 0.3) is 32.9 Å². The summed E-state index contributed by atoms with van der Waals surface area (Å²) < 4.78 is 2.39. The Morgan fingerprint density at radius 1 is 0.621 bits per heavy atom. The summed E-state index contributed by atoms with van der Waals surface area (Å²) >= 11 is 0. The van der Waals surface area contributed by atoms with Crippen molar-refractivity contribution in [1.29, 1.82) is 0 Å². The van der Waals surface area contributed by atoms with Crippen LogP contribution in [0.5, 0.6) is 0 Å². The largest absolute Gasteiger partial charge is 0.345 e. The fourth-order valence-corrected chi connectivity index (χ4v) is 4.26. The second-order valence-corrected chi connectivity index (χ2v) is 7.44. The van der Waals surface area contributed by atoms with Gasteiger partial charge in [0.25, 0.3) is 0 Å². The number of nitrogens with zero attached hydrogens (tertiary/aromatic N) is 2. The third-order valence-electron chi connectivity index (χ3n) is 5.80. The molecule has 2 heteroatoms. The molecule has 2 nitrogen and oxygen atoms in total. The Morgan fingerprint density at radius 3 is 2.14 bits per heavy atom. The molecule has 4 aromatic carbocycles. The molecule has 0 spiro atoms. The summed E-state index contributed by atoms with van der Waals surface area (Å²) in [6.45, 7) is 3.18. The number of aryl methyl sites for hydroxylation is 1. The second kappa shape index (κ2) is 7.14. The first kappa shape index (κ1) is 17.6. The molecule has 1 aromatic heterocycles. The summed E-state index contributed by atoms with van der Waals surface area (Å²) in [5, 5.41) is 2.63. The molecule has 0 amide bonds. The van der Waals surface area contributed by atoms with Crippen molar-refractivity contribution in [3.63, 3.8) is 0 Å². The summed E-state index contributed by atoms with van der Waals surface area (Å²) in [5.41, 5.74) is 7.45. The summed E-state index contributed by atoms with van der Waals surface area (Å²) in [7, 11) is 2.14. The van der Waals surface area contributed by atoms with E-state index in [0.29, 0.717) is 0 Å². The van der Waals surface area contributed by atoms with Gasteiger partial charge in [0.05, 0.1) is 0 Å². The first-order valence-electron chi connectivity index (χ1n) is 10.2. The summed E-state index contributed by atoms with van der Waals surface area (Å²) in [6, 6.07) is 34.8. The zero-order valence-corrected chi connectivity index (χ0v) is 16.8. The van der Waals surface area contributed by atoms with Crippen molar-refractivity contribution in [2.75, 3.05) is 11.9 Å². The molecular formula is C27H24N2. The Labute approximate surface area is 171 Å². The molecule has 0 aliphatic carbocycles. The zero-order valence-electron chi connectivity index (χ0n) is 16.8. The van der Waals surface area contributed by atoms with Crippen LogP contribution in [0.3, 0.4) is 0 Å². The molecule has 1 heterocycles. The van der Waals surface area contributed by atoms with Crippen molar-refractivity contribution in [3.05, 3.63) is 97.1 Å². The molecule has 29 heavy (non-hydrogen) atoms. The van der Waals surface area contributed by atoms with Gasteiger partial charge in [-0.05, 0) is 54.4 Å². The lowest BCUT2D eigenvalue weighted by atomic mass is 10.0. The number of anilines is 2. The number of para-hydroxylation sites is 1. The van der Waals surface area contributed by atoms with Crippen LogP contribution in [0.2, 0.25) is 0 Å². The van der Waals surface area contributed by atoms with Crippen LogP contribution in [0.4, 0.5) is 11.4 Å². The van der Waals surface area contributed by atoms with Crippen LogP contribution in [0, 0.1) is 0 Å². The van der Waals surface area contributed by atoms with Gasteiger partial charge < -0.3 is 9.47 Å². The maximum Gasteiger partial charge on any atom is 0.0492 e. The van der Waals surface area contributed by atoms with Gasteiger partial charge in [0, 0.05) is 46.8 Å². The van der Waals surface area contributed by atoms with Crippen LogP contribution in [0.1, 0.15) is 6.92 Å². The Kier molecular flexibility index (Phi) is 4.33. The lowest BCUT2D eigenvalue weighted by Crippen LogP contribution is -2.09. The van der Waals surface area contributed by atoms with Crippen molar-refractivity contribution in [2.24, 2.45) is 0 Å². The maximum absolute atomic E-state index is 2.39. The average molecular weight is 377 g/mol. The number of fused-ring (bicyclic) bond motifs is 3. The van der Waals surface area contributed by atoms with Gasteiger partial charge in [-0.25, -0.2) is 0 Å². The van der Waals surface area contributed by atoms with Gasteiger partial charge in [-0.15, -0.1) is 0 Å². The molecule has 0 aliphatic heterocycles. The van der Waals surface area contributed by atoms with E-state index in [4.69, 9.17) is 0 Å². The molecule has 142 valence electrons. The van der Waals surface area contributed by atoms with Gasteiger partial charge >= 0.3 is 0 Å². The molecule has 0 radical (unpaired) electrons. The van der Waals surface area contributed by atoms with Gasteiger partial charge in [0.2, 0.25) is 0 Å². The minimum atomic E-state index is 0.971. The van der Waals surface area contributed by atoms with Gasteiger partial charge in [-0.3, -0.25) is 0 Å². The van der Waals surface area contributed by atoms with E-state index in [1.54, 1.807) is 0 Å². The van der Waals surface area contributed by atoms with Gasteiger partial charge in [-0.1, -0.05) is 60.7 Å². The fraction of sp³-hybridized carbons (Fsp3) is 0.111. The minimum Gasteiger partial charge on any atom is -0.345 e. The van der Waals surface area contributed by atoms with Crippen molar-refractivity contribution in [1.82, 2.24) is 4.57 Å². The van der Waals surface area contributed by atoms with Gasteiger partial charge in [-0.2, -0.15) is 0 Å². The van der Waals surface area contributed by atoms with Crippen LogP contribution >= 0.6 is 0 Å². The average Bonchev–Trinajstić information content (AvgIpc) is 3.12. The predicted molar refractivity (Wildman–Crippen MR) is 125 cm³/mol. The van der Waals surface area contributed by atoms with E-state index in [2.05, 4.69) is 121 Å². The molecule has 0 bridgehead atoms. The fourth-order valence-electron chi connectivity index (χ4n) is 4.26. The van der Waals surface area contributed by atoms with Crippen molar-refractivity contribution in [3.8, 4) is 11.1 Å². The molecular weight excluding hydrogens is 352 g/mol. The third-order valence-corrected chi connectivity index (χ3v) is 5.80. The van der Waals surface area contributed by atoms with Crippen LogP contribution in [-0.4, -0.2) is 11.6 Å². The number of benzene rings is 4. The molecule has 0 aliphatic rings. The van der Waals surface area contributed by atoms with Gasteiger partial charge in [0.1, 0.15) is 0 Å². The van der Waals surface area contributed by atoms with Crippen molar-refractivity contribution in [2.45, 2.75) is 13.5 Å². The van der Waals surface area contributed by atoms with Crippen molar-refractivity contribution < 1.29 is 0 Å². The molecule has 0 atom stereocenters. The first-order valence-corrected chi connectivity index (χ1v) is 10.2. The molecule has 0 saturated carbocycles. The summed E-state index contributed by atoms with van der Waals surface area (Å²) in [4.78, 5) is 2.27. The van der Waals surface area contributed by atoms with E-state index in [9.17, 15) is 0 Å². The lowest BCUT2D eigenvalue weighted by molar-refractivity contribution is 0.827. The van der Waals surface area contributed by atoms with E-state index in [0.717, 1.165) is 6.54 Å². The SMILES string of the molecule is CCn1c2ccccc2c2cc(N(C)c3cccc(-c4ccccc4)c3)ccc21. The normalized spacial score (nSPS) is 11.2.